The van der Waals surface area contributed by atoms with Crippen molar-refractivity contribution in [2.75, 3.05) is 38.6 Å². The lowest BCUT2D eigenvalue weighted by Crippen LogP contribution is -2.29. The molecule has 1 heterocycles. The molecule has 108 valence electrons. The summed E-state index contributed by atoms with van der Waals surface area (Å²) in [5.74, 6) is 1.35. The Morgan fingerprint density at radius 1 is 1.32 bits per heavy atom. The van der Waals surface area contributed by atoms with Gasteiger partial charge in [0.05, 0.1) is 0 Å². The third kappa shape index (κ3) is 6.18. The van der Waals surface area contributed by atoms with Crippen molar-refractivity contribution >= 4 is 17.4 Å². The number of hydrogen-bond acceptors (Lipinski definition) is 5. The zero-order valence-corrected chi connectivity index (χ0v) is 12.7. The zero-order chi connectivity index (χ0) is 14.1. The van der Waals surface area contributed by atoms with Crippen LogP contribution in [0.3, 0.4) is 0 Å². The molecule has 0 spiro atoms. The van der Waals surface area contributed by atoms with Crippen molar-refractivity contribution in [2.24, 2.45) is 0 Å². The predicted octanol–water partition coefficient (Wildman–Crippen LogP) is 2.42. The number of likely N-dealkylation sites (N-methyl/N-ethyl adjacent to an activating group) is 1. The van der Waals surface area contributed by atoms with Crippen LogP contribution < -0.4 is 5.32 Å². The first-order valence-corrected chi connectivity index (χ1v) is 7.06. The Morgan fingerprint density at radius 2 is 2.11 bits per heavy atom. The molecule has 0 saturated heterocycles. The average molecular weight is 287 g/mol. The van der Waals surface area contributed by atoms with Gasteiger partial charge < -0.3 is 15.0 Å². The fraction of sp³-hybridized carbons (Fsp3) is 0.692. The molecule has 0 radical (unpaired) electrons. The lowest BCUT2D eigenvalue weighted by atomic mass is 10.4. The number of nitrogens with zero attached hydrogens (tertiary/aromatic N) is 3. The predicted molar refractivity (Wildman–Crippen MR) is 78.6 cm³/mol. The van der Waals surface area contributed by atoms with Crippen LogP contribution in [-0.2, 0) is 11.3 Å². The molecule has 0 aliphatic heterocycles. The molecule has 1 rings (SSSR count). The molecule has 0 aromatic carbocycles. The van der Waals surface area contributed by atoms with Gasteiger partial charge in [-0.05, 0) is 19.5 Å². The third-order valence-electron chi connectivity index (χ3n) is 2.74. The maximum atomic E-state index is 5.95. The molecule has 0 aliphatic carbocycles. The second-order valence-electron chi connectivity index (χ2n) is 4.29. The highest BCUT2D eigenvalue weighted by molar-refractivity contribution is 6.29. The number of ether oxygens (including phenoxy) is 1. The van der Waals surface area contributed by atoms with E-state index in [2.05, 4.69) is 34.0 Å². The Bertz CT molecular complexity index is 376. The molecule has 0 fully saturated rings. The fourth-order valence-corrected chi connectivity index (χ4v) is 2.04. The van der Waals surface area contributed by atoms with E-state index in [4.69, 9.17) is 16.3 Å². The first-order valence-electron chi connectivity index (χ1n) is 6.68. The van der Waals surface area contributed by atoms with Crippen molar-refractivity contribution in [3.05, 3.63) is 17.0 Å². The largest absolute Gasteiger partial charge is 0.377 e. The van der Waals surface area contributed by atoms with Gasteiger partial charge in [0.2, 0.25) is 0 Å². The monoisotopic (exact) mass is 286 g/mol. The summed E-state index contributed by atoms with van der Waals surface area (Å²) < 4.78 is 5.01. The summed E-state index contributed by atoms with van der Waals surface area (Å²) in [4.78, 5) is 10.8. The standard InChI is InChI=1S/C13H23ClN4O/c1-4-7-18(5-2)8-6-15-12-9-11(14)16-13(17-12)10-19-3/h9H,4-8,10H2,1-3H3,(H,15,16,17). The van der Waals surface area contributed by atoms with Crippen molar-refractivity contribution in [1.29, 1.82) is 0 Å². The maximum absolute atomic E-state index is 5.95. The molecular formula is C13H23ClN4O. The summed E-state index contributed by atoms with van der Waals surface area (Å²) in [7, 11) is 1.61. The van der Waals surface area contributed by atoms with E-state index in [1.165, 1.54) is 6.42 Å². The Morgan fingerprint density at radius 3 is 2.74 bits per heavy atom. The summed E-state index contributed by atoms with van der Waals surface area (Å²) >= 11 is 5.95. The maximum Gasteiger partial charge on any atom is 0.158 e. The minimum atomic E-state index is 0.367. The first-order chi connectivity index (χ1) is 9.19. The Labute approximate surface area is 120 Å². The number of anilines is 1. The number of rotatable bonds is 9. The molecule has 6 heteroatoms. The van der Waals surface area contributed by atoms with E-state index >= 15 is 0 Å². The molecule has 0 bridgehead atoms. The van der Waals surface area contributed by atoms with E-state index in [-0.39, 0.29) is 0 Å². The molecule has 0 unspecified atom stereocenters. The van der Waals surface area contributed by atoms with E-state index in [1.54, 1.807) is 13.2 Å². The van der Waals surface area contributed by atoms with Crippen LogP contribution in [0.5, 0.6) is 0 Å². The number of aromatic nitrogens is 2. The summed E-state index contributed by atoms with van der Waals surface area (Å²) in [6.07, 6.45) is 1.17. The van der Waals surface area contributed by atoms with Gasteiger partial charge >= 0.3 is 0 Å². The van der Waals surface area contributed by atoms with Crippen molar-refractivity contribution < 1.29 is 4.74 Å². The third-order valence-corrected chi connectivity index (χ3v) is 2.93. The van der Waals surface area contributed by atoms with Crippen LogP contribution in [0.15, 0.2) is 6.07 Å². The first kappa shape index (κ1) is 16.1. The average Bonchev–Trinajstić information content (AvgIpc) is 2.37. The molecule has 1 aromatic heterocycles. The fourth-order valence-electron chi connectivity index (χ4n) is 1.84. The molecule has 1 N–H and O–H groups in total. The SMILES string of the molecule is CCCN(CC)CCNc1cc(Cl)nc(COC)n1. The molecule has 0 aliphatic rings. The van der Waals surface area contributed by atoms with Crippen molar-refractivity contribution in [2.45, 2.75) is 26.9 Å². The summed E-state index contributed by atoms with van der Waals surface area (Å²) in [5.41, 5.74) is 0. The zero-order valence-electron chi connectivity index (χ0n) is 11.9. The van der Waals surface area contributed by atoms with E-state index in [1.807, 2.05) is 0 Å². The quantitative estimate of drug-likeness (QED) is 0.707. The van der Waals surface area contributed by atoms with Gasteiger partial charge in [-0.25, -0.2) is 9.97 Å². The van der Waals surface area contributed by atoms with Crippen molar-refractivity contribution in [1.82, 2.24) is 14.9 Å². The van der Waals surface area contributed by atoms with Gasteiger partial charge in [0, 0.05) is 26.3 Å². The minimum Gasteiger partial charge on any atom is -0.377 e. The van der Waals surface area contributed by atoms with Gasteiger partial charge in [-0.1, -0.05) is 25.4 Å². The van der Waals surface area contributed by atoms with Gasteiger partial charge in [-0.15, -0.1) is 0 Å². The van der Waals surface area contributed by atoms with Crippen LogP contribution in [0.1, 0.15) is 26.1 Å². The molecule has 19 heavy (non-hydrogen) atoms. The second-order valence-corrected chi connectivity index (χ2v) is 4.67. The summed E-state index contributed by atoms with van der Waals surface area (Å²) in [6.45, 7) is 8.75. The lowest BCUT2D eigenvalue weighted by molar-refractivity contribution is 0.178. The Kier molecular flexibility index (Phi) is 7.70. The topological polar surface area (TPSA) is 50.3 Å². The van der Waals surface area contributed by atoms with Gasteiger partial charge in [-0.2, -0.15) is 0 Å². The molecule has 1 aromatic rings. The van der Waals surface area contributed by atoms with E-state index in [9.17, 15) is 0 Å². The molecule has 0 atom stereocenters. The highest BCUT2D eigenvalue weighted by Gasteiger charge is 2.04. The number of halogens is 1. The molecule has 0 saturated carbocycles. The van der Waals surface area contributed by atoms with Crippen molar-refractivity contribution in [3.63, 3.8) is 0 Å². The van der Waals surface area contributed by atoms with E-state index < -0.39 is 0 Å². The summed E-state index contributed by atoms with van der Waals surface area (Å²) in [6, 6.07) is 1.73. The van der Waals surface area contributed by atoms with Crippen LogP contribution in [0.2, 0.25) is 5.15 Å². The lowest BCUT2D eigenvalue weighted by Gasteiger charge is -2.19. The van der Waals surface area contributed by atoms with Crippen LogP contribution >= 0.6 is 11.6 Å². The van der Waals surface area contributed by atoms with Gasteiger partial charge in [-0.3, -0.25) is 0 Å². The van der Waals surface area contributed by atoms with Crippen LogP contribution in [0.25, 0.3) is 0 Å². The van der Waals surface area contributed by atoms with Gasteiger partial charge in [0.15, 0.2) is 5.82 Å². The molecule has 0 amide bonds. The second kappa shape index (κ2) is 9.07. The Balaban J connectivity index is 2.48. The normalized spacial score (nSPS) is 11.0. The van der Waals surface area contributed by atoms with Gasteiger partial charge in [0.25, 0.3) is 0 Å². The molecule has 5 nitrogen and oxygen atoms in total. The van der Waals surface area contributed by atoms with Gasteiger partial charge in [0.1, 0.15) is 17.6 Å². The highest BCUT2D eigenvalue weighted by Crippen LogP contribution is 2.11. The van der Waals surface area contributed by atoms with Crippen LogP contribution in [0.4, 0.5) is 5.82 Å². The number of methoxy groups -OCH3 is 1. The summed E-state index contributed by atoms with van der Waals surface area (Å²) in [5, 5.41) is 3.71. The molecular weight excluding hydrogens is 264 g/mol. The van der Waals surface area contributed by atoms with Crippen LogP contribution in [-0.4, -0.2) is 48.2 Å². The van der Waals surface area contributed by atoms with E-state index in [0.29, 0.717) is 17.6 Å². The number of nitrogens with one attached hydrogen (secondary N) is 1. The van der Waals surface area contributed by atoms with E-state index in [0.717, 1.165) is 32.0 Å². The number of hydrogen-bond donors (Lipinski definition) is 1. The van der Waals surface area contributed by atoms with Crippen LogP contribution in [0, 0.1) is 0 Å². The smallest absolute Gasteiger partial charge is 0.158 e. The minimum absolute atomic E-state index is 0.367. The highest BCUT2D eigenvalue weighted by atomic mass is 35.5. The Hall–Kier alpha value is -0.910. The van der Waals surface area contributed by atoms with Crippen molar-refractivity contribution in [3.8, 4) is 0 Å².